The molecule has 6 rings (SSSR count). The third kappa shape index (κ3) is 2.57. The van der Waals surface area contributed by atoms with E-state index >= 15 is 0 Å². The lowest BCUT2D eigenvalue weighted by Crippen LogP contribution is -2.42. The summed E-state index contributed by atoms with van der Waals surface area (Å²) in [6, 6.07) is 10.9. The van der Waals surface area contributed by atoms with E-state index in [2.05, 4.69) is 18.3 Å². The summed E-state index contributed by atoms with van der Waals surface area (Å²) in [7, 11) is 0. The van der Waals surface area contributed by atoms with Crippen LogP contribution in [0.5, 0.6) is 0 Å². The fourth-order valence-electron chi connectivity index (χ4n) is 6.54. The van der Waals surface area contributed by atoms with E-state index in [-0.39, 0.29) is 11.2 Å². The van der Waals surface area contributed by atoms with Crippen molar-refractivity contribution in [1.82, 2.24) is 4.98 Å². The fourth-order valence-corrected chi connectivity index (χ4v) is 6.54. The minimum Gasteiger partial charge on any atom is -0.423 e. The summed E-state index contributed by atoms with van der Waals surface area (Å²) in [5.41, 5.74) is 5.08. The van der Waals surface area contributed by atoms with Crippen molar-refractivity contribution in [2.24, 2.45) is 17.3 Å². The van der Waals surface area contributed by atoms with Gasteiger partial charge in [-0.05, 0) is 91.3 Å². The lowest BCUT2D eigenvalue weighted by molar-refractivity contribution is -0.129. The Kier molecular flexibility index (Phi) is 3.86. The Hall–Kier alpha value is -2.69. The molecule has 0 amide bonds. The van der Waals surface area contributed by atoms with Gasteiger partial charge in [-0.1, -0.05) is 13.0 Å². The van der Waals surface area contributed by atoms with Gasteiger partial charge in [-0.25, -0.2) is 4.39 Å². The number of carbonyl (C=O) groups is 1. The molecule has 2 fully saturated rings. The first-order chi connectivity index (χ1) is 14.5. The molecule has 0 aliphatic heterocycles. The highest BCUT2D eigenvalue weighted by atomic mass is 19.1. The number of anilines is 2. The van der Waals surface area contributed by atoms with Gasteiger partial charge in [0.1, 0.15) is 17.1 Å². The van der Waals surface area contributed by atoms with Crippen molar-refractivity contribution in [2.45, 2.75) is 51.4 Å². The molecular weight excluding hydrogens is 379 g/mol. The van der Waals surface area contributed by atoms with Gasteiger partial charge in [-0.15, -0.1) is 0 Å². The quantitative estimate of drug-likeness (QED) is 0.558. The maximum absolute atomic E-state index is 13.2. The molecular formula is C25H25FN2O2. The molecule has 154 valence electrons. The van der Waals surface area contributed by atoms with Crippen LogP contribution >= 0.6 is 0 Å². The molecule has 4 nitrogen and oxygen atoms in total. The number of aryl methyl sites for hydroxylation is 1. The lowest BCUT2D eigenvalue weighted by atomic mass is 9.55. The Balaban J connectivity index is 1.34. The van der Waals surface area contributed by atoms with Crippen LogP contribution in [0.4, 0.5) is 16.1 Å². The fraction of sp³-hybridized carbons (Fsp3) is 0.440. The number of aromatic nitrogens is 1. The monoisotopic (exact) mass is 404 g/mol. The minimum atomic E-state index is -0.269. The van der Waals surface area contributed by atoms with Gasteiger partial charge in [0.15, 0.2) is 5.58 Å². The van der Waals surface area contributed by atoms with Gasteiger partial charge in [0, 0.05) is 17.5 Å². The van der Waals surface area contributed by atoms with Crippen molar-refractivity contribution in [3.63, 3.8) is 0 Å². The Labute approximate surface area is 174 Å². The summed E-state index contributed by atoms with van der Waals surface area (Å²) in [5, 5.41) is 3.14. The molecule has 5 heteroatoms. The maximum Gasteiger partial charge on any atom is 0.300 e. The first-order valence-electron chi connectivity index (χ1n) is 11.0. The molecule has 0 radical (unpaired) electrons. The van der Waals surface area contributed by atoms with Crippen LogP contribution in [0.25, 0.3) is 11.1 Å². The summed E-state index contributed by atoms with van der Waals surface area (Å²) in [6.07, 6.45) is 6.02. The molecule has 1 heterocycles. The molecule has 2 aromatic carbocycles. The average Bonchev–Trinajstić information content (AvgIpc) is 3.29. The van der Waals surface area contributed by atoms with Gasteiger partial charge in [0.2, 0.25) is 0 Å². The standard InChI is InChI=1S/C25H25FN2O2/c1-25-13-12-17-16-8-10-21-23(19(16)7-6-18(17)20(25)9-11-22(25)29)28-24(30-21)27-15-4-2-14(26)3-5-15/h2-5,8,10,17-18,20H,6-7,9,11-13H2,1H3,(H,27,28)/t17-,18-,20+,25+/m1/s1. The summed E-state index contributed by atoms with van der Waals surface area (Å²) in [5.74, 6) is 1.87. The first kappa shape index (κ1) is 18.1. The highest BCUT2D eigenvalue weighted by Crippen LogP contribution is 2.59. The van der Waals surface area contributed by atoms with Gasteiger partial charge in [-0.3, -0.25) is 4.79 Å². The minimum absolute atomic E-state index is 0.0943. The Morgan fingerprint density at radius 2 is 1.93 bits per heavy atom. The highest BCUT2D eigenvalue weighted by Gasteiger charge is 2.54. The zero-order valence-electron chi connectivity index (χ0n) is 17.1. The number of benzene rings is 2. The number of carbonyl (C=O) groups excluding carboxylic acids is 1. The second-order valence-electron chi connectivity index (χ2n) is 9.46. The maximum atomic E-state index is 13.2. The molecule has 3 aliphatic carbocycles. The van der Waals surface area contributed by atoms with Crippen molar-refractivity contribution in [3.8, 4) is 0 Å². The van der Waals surface area contributed by atoms with Gasteiger partial charge >= 0.3 is 0 Å². The van der Waals surface area contributed by atoms with Crippen molar-refractivity contribution in [2.75, 3.05) is 5.32 Å². The largest absolute Gasteiger partial charge is 0.423 e. The molecule has 0 unspecified atom stereocenters. The number of halogens is 1. The number of fused-ring (bicyclic) bond motifs is 7. The third-order valence-electron chi connectivity index (χ3n) is 8.07. The average molecular weight is 404 g/mol. The van der Waals surface area contributed by atoms with E-state index in [1.54, 1.807) is 12.1 Å². The number of hydrogen-bond donors (Lipinski definition) is 1. The summed E-state index contributed by atoms with van der Waals surface area (Å²) in [6.45, 7) is 2.22. The number of nitrogens with one attached hydrogen (secondary N) is 1. The first-order valence-corrected chi connectivity index (χ1v) is 11.0. The van der Waals surface area contributed by atoms with Crippen LogP contribution in [-0.2, 0) is 11.2 Å². The van der Waals surface area contributed by atoms with Crippen LogP contribution in [0.15, 0.2) is 40.8 Å². The van der Waals surface area contributed by atoms with E-state index in [0.717, 1.165) is 55.3 Å². The van der Waals surface area contributed by atoms with Crippen molar-refractivity contribution in [1.29, 1.82) is 0 Å². The number of ketones is 1. The van der Waals surface area contributed by atoms with Crippen molar-refractivity contribution < 1.29 is 13.6 Å². The Morgan fingerprint density at radius 3 is 2.77 bits per heavy atom. The van der Waals surface area contributed by atoms with Gasteiger partial charge in [-0.2, -0.15) is 4.98 Å². The predicted octanol–water partition coefficient (Wildman–Crippen LogP) is 6.14. The smallest absolute Gasteiger partial charge is 0.300 e. The van der Waals surface area contributed by atoms with Crippen molar-refractivity contribution in [3.05, 3.63) is 53.3 Å². The van der Waals surface area contributed by atoms with Gasteiger partial charge in [0.25, 0.3) is 6.01 Å². The molecule has 4 atom stereocenters. The third-order valence-corrected chi connectivity index (χ3v) is 8.07. The molecule has 3 aliphatic rings. The second-order valence-corrected chi connectivity index (χ2v) is 9.46. The number of Topliss-reactive ketones (excluding diaryl/α,β-unsaturated/α-hetero) is 1. The number of rotatable bonds is 2. The summed E-state index contributed by atoms with van der Waals surface area (Å²) in [4.78, 5) is 17.3. The Bertz CT molecular complexity index is 1150. The lowest BCUT2D eigenvalue weighted by Gasteiger charge is -2.48. The van der Waals surface area contributed by atoms with Crippen LogP contribution < -0.4 is 5.32 Å². The van der Waals surface area contributed by atoms with Crippen LogP contribution in [0.2, 0.25) is 0 Å². The van der Waals surface area contributed by atoms with E-state index < -0.39 is 0 Å². The number of hydrogen-bond acceptors (Lipinski definition) is 4. The van der Waals surface area contributed by atoms with Crippen LogP contribution in [0.3, 0.4) is 0 Å². The Morgan fingerprint density at radius 1 is 1.10 bits per heavy atom. The molecule has 30 heavy (non-hydrogen) atoms. The van der Waals surface area contributed by atoms with Crippen LogP contribution in [0.1, 0.15) is 56.1 Å². The normalized spacial score (nSPS) is 30.1. The highest BCUT2D eigenvalue weighted by molar-refractivity contribution is 5.87. The van der Waals surface area contributed by atoms with Gasteiger partial charge in [0.05, 0.1) is 0 Å². The van der Waals surface area contributed by atoms with Gasteiger partial charge < -0.3 is 9.73 Å². The molecule has 2 saturated carbocycles. The van der Waals surface area contributed by atoms with E-state index in [1.165, 1.54) is 23.3 Å². The molecule has 1 aromatic heterocycles. The zero-order chi connectivity index (χ0) is 20.5. The number of oxazole rings is 1. The topological polar surface area (TPSA) is 55.1 Å². The van der Waals surface area contributed by atoms with Crippen molar-refractivity contribution >= 4 is 28.6 Å². The second kappa shape index (κ2) is 6.40. The van der Waals surface area contributed by atoms with Crippen LogP contribution in [-0.4, -0.2) is 10.8 Å². The summed E-state index contributed by atoms with van der Waals surface area (Å²) >= 11 is 0. The summed E-state index contributed by atoms with van der Waals surface area (Å²) < 4.78 is 19.1. The SMILES string of the molecule is C[C@]12CC[C@@H]3c4ccc5oc(Nc6ccc(F)cc6)nc5c4CC[C@H]3[C@@H]1CCC2=O. The van der Waals surface area contributed by atoms with E-state index in [0.29, 0.717) is 29.6 Å². The molecule has 1 N–H and O–H groups in total. The number of nitrogens with zero attached hydrogens (tertiary/aromatic N) is 1. The van der Waals surface area contributed by atoms with E-state index in [1.807, 2.05) is 6.07 Å². The molecule has 0 saturated heterocycles. The van der Waals surface area contributed by atoms with Crippen LogP contribution in [0, 0.1) is 23.1 Å². The zero-order valence-corrected chi connectivity index (χ0v) is 17.1. The molecule has 3 aromatic rings. The predicted molar refractivity (Wildman–Crippen MR) is 113 cm³/mol. The molecule has 0 bridgehead atoms. The van der Waals surface area contributed by atoms with E-state index in [9.17, 15) is 9.18 Å². The van der Waals surface area contributed by atoms with E-state index in [4.69, 9.17) is 9.40 Å². The molecule has 0 spiro atoms.